The molecule has 0 aliphatic heterocycles. The van der Waals surface area contributed by atoms with E-state index in [0.717, 1.165) is 44.5 Å². The van der Waals surface area contributed by atoms with Gasteiger partial charge in [0.2, 0.25) is 0 Å². The maximum Gasteiger partial charge on any atom is 0.283 e. The van der Waals surface area contributed by atoms with E-state index in [2.05, 4.69) is 43.9 Å². The number of nitrogens with one attached hydrogen (secondary N) is 2. The molecule has 0 saturated carbocycles. The van der Waals surface area contributed by atoms with E-state index in [1.54, 1.807) is 27.6 Å². The van der Waals surface area contributed by atoms with Crippen LogP contribution in [-0.4, -0.2) is 59.6 Å². The van der Waals surface area contributed by atoms with E-state index in [1.165, 1.54) is 42.5 Å². The molecule has 6 aromatic rings. The Labute approximate surface area is 388 Å². The van der Waals surface area contributed by atoms with Gasteiger partial charge in [0.1, 0.15) is 17.7 Å². The quantitative estimate of drug-likeness (QED) is 0.102. The predicted molar refractivity (Wildman–Crippen MR) is 255 cm³/mol. The summed E-state index contributed by atoms with van der Waals surface area (Å²) < 4.78 is 58.8. The molecule has 0 aliphatic carbocycles. The lowest BCUT2D eigenvalue weighted by Crippen LogP contribution is -2.32. The summed E-state index contributed by atoms with van der Waals surface area (Å²) in [4.78, 5) is 37.1. The summed E-state index contributed by atoms with van der Waals surface area (Å²) in [6.07, 6.45) is 0.553. The third-order valence-electron chi connectivity index (χ3n) is 11.0. The molecule has 0 atom stereocenters. The first kappa shape index (κ1) is 50.8. The number of aliphatic hydroxyl groups is 1. The molecule has 3 N–H and O–H groups in total. The molecular weight excluding hydrogens is 877 g/mol. The van der Waals surface area contributed by atoms with E-state index >= 15 is 0 Å². The van der Waals surface area contributed by atoms with Crippen LogP contribution in [0.15, 0.2) is 94.7 Å². The average Bonchev–Trinajstić information content (AvgIpc) is 3.86. The van der Waals surface area contributed by atoms with Crippen LogP contribution in [0.1, 0.15) is 134 Å². The van der Waals surface area contributed by atoms with Gasteiger partial charge < -0.3 is 5.11 Å². The zero-order valence-corrected chi connectivity index (χ0v) is 41.3. The van der Waals surface area contributed by atoms with Gasteiger partial charge in [-0.25, -0.2) is 26.3 Å². The number of aliphatic hydroxyl groups excluding tert-OH is 1. The Morgan fingerprint density at radius 3 is 1.33 bits per heavy atom. The fraction of sp³-hybridized carbons (Fsp3) is 0.340. The Morgan fingerprint density at radius 2 is 0.970 bits per heavy atom. The summed E-state index contributed by atoms with van der Waals surface area (Å²) in [5.74, 6) is -1.54. The molecule has 66 heavy (non-hydrogen) atoms. The van der Waals surface area contributed by atoms with Gasteiger partial charge in [0.15, 0.2) is 0 Å². The second-order valence-corrected chi connectivity index (χ2v) is 22.1. The first-order chi connectivity index (χ1) is 30.6. The van der Waals surface area contributed by atoms with Crippen molar-refractivity contribution in [2.24, 2.45) is 0 Å². The Balaban J connectivity index is 0.000000247. The van der Waals surface area contributed by atoms with Crippen molar-refractivity contribution in [3.05, 3.63) is 163 Å². The third-order valence-corrected chi connectivity index (χ3v) is 13.7. The highest BCUT2D eigenvalue weighted by molar-refractivity contribution is 7.90. The van der Waals surface area contributed by atoms with Crippen LogP contribution in [-0.2, 0) is 50.6 Å². The smallest absolute Gasteiger partial charge is 0.283 e. The standard InChI is InChI=1S/C25H31N3O4S.C25H29N3O4S/c2*1-16-10-17(2)21(18(3)11-16)14-28-22(13-23(26-28)25(4,5)6)24(30)27-33(31,32)20-9-7-8-19(12-20)15-29/h7-13,29H,14-15H2,1-6H3,(H,27,30);7-13,15H,14H2,1-6H3,(H,27,30). The number of benzene rings is 4. The number of amides is 2. The topological polar surface area (TPSA) is 199 Å². The Hall–Kier alpha value is -6.23. The summed E-state index contributed by atoms with van der Waals surface area (Å²) in [5.41, 5.74) is 10.3. The molecule has 2 aromatic heterocycles. The van der Waals surface area contributed by atoms with Gasteiger partial charge in [-0.2, -0.15) is 10.2 Å². The fourth-order valence-corrected chi connectivity index (χ4v) is 9.47. The summed E-state index contributed by atoms with van der Waals surface area (Å²) >= 11 is 0. The molecule has 16 heteroatoms. The highest BCUT2D eigenvalue weighted by Gasteiger charge is 2.29. The zero-order valence-electron chi connectivity index (χ0n) is 39.7. The molecule has 0 spiro atoms. The molecule has 0 fully saturated rings. The lowest BCUT2D eigenvalue weighted by molar-refractivity contribution is 0.0962. The van der Waals surface area contributed by atoms with Crippen LogP contribution in [0.25, 0.3) is 0 Å². The van der Waals surface area contributed by atoms with Gasteiger partial charge in [-0.05, 0) is 117 Å². The lowest BCUT2D eigenvalue weighted by Gasteiger charge is -2.15. The first-order valence-corrected chi connectivity index (χ1v) is 24.3. The molecule has 0 unspecified atom stereocenters. The normalized spacial score (nSPS) is 12.0. The average molecular weight is 937 g/mol. The maximum absolute atomic E-state index is 13.2. The van der Waals surface area contributed by atoms with Crippen molar-refractivity contribution in [1.29, 1.82) is 0 Å². The van der Waals surface area contributed by atoms with Crippen LogP contribution < -0.4 is 9.44 Å². The number of aromatic nitrogens is 4. The third kappa shape index (κ3) is 12.2. The number of rotatable bonds is 12. The van der Waals surface area contributed by atoms with E-state index in [0.29, 0.717) is 36.3 Å². The predicted octanol–water partition coefficient (Wildman–Crippen LogP) is 7.85. The van der Waals surface area contributed by atoms with Gasteiger partial charge in [-0.1, -0.05) is 101 Å². The molecule has 0 saturated heterocycles. The van der Waals surface area contributed by atoms with Gasteiger partial charge in [-0.15, -0.1) is 0 Å². The summed E-state index contributed by atoms with van der Waals surface area (Å²) in [6.45, 7) is 24.4. The van der Waals surface area contributed by atoms with Crippen LogP contribution in [0.4, 0.5) is 0 Å². The number of nitrogens with zero attached hydrogens (tertiary/aromatic N) is 4. The minimum absolute atomic E-state index is 0.0882. The van der Waals surface area contributed by atoms with Crippen LogP contribution in [0.5, 0.6) is 0 Å². The monoisotopic (exact) mass is 936 g/mol. The Morgan fingerprint density at radius 1 is 0.591 bits per heavy atom. The molecule has 350 valence electrons. The molecule has 6 rings (SSSR count). The fourth-order valence-electron chi connectivity index (χ4n) is 7.42. The van der Waals surface area contributed by atoms with Crippen molar-refractivity contribution in [2.75, 3.05) is 0 Å². The van der Waals surface area contributed by atoms with Gasteiger partial charge in [0, 0.05) is 16.4 Å². The number of aryl methyl sites for hydroxylation is 6. The molecular formula is C50H60N6O8S2. The van der Waals surface area contributed by atoms with Crippen molar-refractivity contribution in [3.63, 3.8) is 0 Å². The van der Waals surface area contributed by atoms with Crippen LogP contribution in [0, 0.1) is 41.5 Å². The van der Waals surface area contributed by atoms with Gasteiger partial charge in [0.05, 0.1) is 40.9 Å². The van der Waals surface area contributed by atoms with Crippen molar-refractivity contribution in [3.8, 4) is 0 Å². The second kappa shape index (κ2) is 19.7. The van der Waals surface area contributed by atoms with Gasteiger partial charge >= 0.3 is 0 Å². The first-order valence-electron chi connectivity index (χ1n) is 21.3. The number of hydrogen-bond acceptors (Lipinski definition) is 10. The molecule has 4 aromatic carbocycles. The number of sulfonamides is 2. The van der Waals surface area contributed by atoms with E-state index in [-0.39, 0.29) is 44.2 Å². The summed E-state index contributed by atoms with van der Waals surface area (Å²) in [7, 11) is -8.31. The van der Waals surface area contributed by atoms with Crippen molar-refractivity contribution in [1.82, 2.24) is 29.0 Å². The molecule has 0 radical (unpaired) electrons. The van der Waals surface area contributed by atoms with E-state index in [9.17, 15) is 36.3 Å². The minimum Gasteiger partial charge on any atom is -0.392 e. The number of carbonyl (C=O) groups excluding carboxylic acids is 3. The van der Waals surface area contributed by atoms with Crippen LogP contribution in [0.3, 0.4) is 0 Å². The molecule has 0 bridgehead atoms. The van der Waals surface area contributed by atoms with Crippen molar-refractivity contribution >= 4 is 38.1 Å². The summed E-state index contributed by atoms with van der Waals surface area (Å²) in [6, 6.07) is 22.9. The highest BCUT2D eigenvalue weighted by atomic mass is 32.2. The largest absolute Gasteiger partial charge is 0.392 e. The lowest BCUT2D eigenvalue weighted by atomic mass is 9.92. The Kier molecular flexibility index (Phi) is 15.2. The molecule has 0 aliphatic rings. The maximum atomic E-state index is 13.2. The number of carbonyl (C=O) groups is 3. The molecule has 2 amide bonds. The van der Waals surface area contributed by atoms with Crippen molar-refractivity contribution in [2.45, 2.75) is 123 Å². The minimum atomic E-state index is -4.18. The van der Waals surface area contributed by atoms with Crippen molar-refractivity contribution < 1.29 is 36.3 Å². The van der Waals surface area contributed by atoms with E-state index in [4.69, 9.17) is 0 Å². The number of hydrogen-bond donors (Lipinski definition) is 3. The Bertz CT molecular complexity index is 3000. The van der Waals surface area contributed by atoms with Gasteiger partial charge in [0.25, 0.3) is 31.9 Å². The molecule has 2 heterocycles. The van der Waals surface area contributed by atoms with E-state index in [1.807, 2.05) is 83.1 Å². The highest BCUT2D eigenvalue weighted by Crippen LogP contribution is 2.27. The van der Waals surface area contributed by atoms with E-state index < -0.39 is 31.9 Å². The summed E-state index contributed by atoms with van der Waals surface area (Å²) in [5, 5.41) is 18.6. The molecule has 14 nitrogen and oxygen atoms in total. The SMILES string of the molecule is Cc1cc(C)c(Cn2nc(C(C)(C)C)cc2C(=O)NS(=O)(=O)c2cccc(C=O)c2)c(C)c1.Cc1cc(C)c(Cn2nc(C(C)(C)C)cc2C(=O)NS(=O)(=O)c2cccc(CO)c2)c(C)c1. The van der Waals surface area contributed by atoms with Gasteiger partial charge in [-0.3, -0.25) is 23.7 Å². The van der Waals surface area contributed by atoms with Crippen LogP contribution >= 0.6 is 0 Å². The van der Waals surface area contributed by atoms with Crippen LogP contribution in [0.2, 0.25) is 0 Å². The second-order valence-electron chi connectivity index (χ2n) is 18.8. The number of aldehydes is 1. The zero-order chi connectivity index (χ0) is 49.1.